The van der Waals surface area contributed by atoms with Gasteiger partial charge in [-0.05, 0) is 55.8 Å². The quantitative estimate of drug-likeness (QED) is 0.480. The van der Waals surface area contributed by atoms with Crippen LogP contribution in [-0.4, -0.2) is 47.2 Å². The van der Waals surface area contributed by atoms with Crippen LogP contribution >= 0.6 is 0 Å². The van der Waals surface area contributed by atoms with E-state index in [1.54, 1.807) is 55.6 Å². The molecule has 0 aliphatic carbocycles. The van der Waals surface area contributed by atoms with E-state index >= 15 is 0 Å². The second kappa shape index (κ2) is 10.3. The van der Waals surface area contributed by atoms with Crippen molar-refractivity contribution >= 4 is 21.6 Å². The number of sulfonamides is 1. The topological polar surface area (TPSA) is 94.2 Å². The Hall–Kier alpha value is -3.72. The van der Waals surface area contributed by atoms with Crippen molar-refractivity contribution in [3.8, 4) is 17.2 Å². The first-order valence-corrected chi connectivity index (χ1v) is 12.6. The highest BCUT2D eigenvalue weighted by atomic mass is 32.2. The lowest BCUT2D eigenvalue weighted by Gasteiger charge is -2.35. The third-order valence-electron chi connectivity index (χ3n) is 5.61. The van der Waals surface area contributed by atoms with Crippen LogP contribution in [0.25, 0.3) is 0 Å². The van der Waals surface area contributed by atoms with Crippen LogP contribution in [0.5, 0.6) is 17.2 Å². The number of methoxy groups -OCH3 is 1. The minimum Gasteiger partial charge on any atom is -0.493 e. The molecule has 1 atom stereocenters. The van der Waals surface area contributed by atoms with E-state index in [4.69, 9.17) is 14.2 Å². The summed E-state index contributed by atoms with van der Waals surface area (Å²) in [5.41, 5.74) is 2.25. The predicted molar refractivity (Wildman–Crippen MR) is 133 cm³/mol. The summed E-state index contributed by atoms with van der Waals surface area (Å²) in [7, 11) is -2.35. The summed E-state index contributed by atoms with van der Waals surface area (Å²) in [6.45, 7) is 4.04. The number of fused-ring (bicyclic) bond motifs is 1. The number of nitrogens with zero attached hydrogens (tertiary/aromatic N) is 1. The first-order valence-electron chi connectivity index (χ1n) is 11.2. The van der Waals surface area contributed by atoms with Crippen molar-refractivity contribution in [1.82, 2.24) is 5.32 Å². The third-order valence-corrected chi connectivity index (χ3v) is 7.41. The van der Waals surface area contributed by atoms with Gasteiger partial charge in [0.25, 0.3) is 15.9 Å². The average molecular weight is 497 g/mol. The molecule has 1 amide bonds. The van der Waals surface area contributed by atoms with Gasteiger partial charge in [0.2, 0.25) is 0 Å². The minimum absolute atomic E-state index is 0.147. The second-order valence-electron chi connectivity index (χ2n) is 8.22. The number of benzene rings is 3. The molecule has 184 valence electrons. The Kier molecular flexibility index (Phi) is 7.16. The fourth-order valence-electron chi connectivity index (χ4n) is 3.75. The summed E-state index contributed by atoms with van der Waals surface area (Å²) in [4.78, 5) is 13.1. The maximum Gasteiger partial charge on any atom is 0.264 e. The van der Waals surface area contributed by atoms with E-state index < -0.39 is 22.0 Å². The van der Waals surface area contributed by atoms with Crippen LogP contribution in [0, 0.1) is 13.8 Å². The number of rotatable bonds is 8. The molecule has 8 nitrogen and oxygen atoms in total. The highest BCUT2D eigenvalue weighted by molar-refractivity contribution is 7.92. The van der Waals surface area contributed by atoms with Crippen LogP contribution in [0.3, 0.4) is 0 Å². The minimum atomic E-state index is -3.91. The van der Waals surface area contributed by atoms with Crippen LogP contribution in [0.1, 0.15) is 11.1 Å². The lowest BCUT2D eigenvalue weighted by Crippen LogP contribution is -2.51. The monoisotopic (exact) mass is 496 g/mol. The van der Waals surface area contributed by atoms with Crippen LogP contribution in [0.4, 0.5) is 5.69 Å². The van der Waals surface area contributed by atoms with E-state index in [1.807, 2.05) is 32.0 Å². The van der Waals surface area contributed by atoms with Crippen LogP contribution in [-0.2, 0) is 14.8 Å². The number of ether oxygens (including phenoxy) is 3. The van der Waals surface area contributed by atoms with Gasteiger partial charge < -0.3 is 19.5 Å². The Morgan fingerprint density at radius 2 is 1.71 bits per heavy atom. The number of amides is 1. The number of carbonyl (C=O) groups excluding carboxylic acids is 1. The highest BCUT2D eigenvalue weighted by Crippen LogP contribution is 2.37. The first kappa shape index (κ1) is 24.4. The second-order valence-corrected chi connectivity index (χ2v) is 10.1. The fraction of sp³-hybridized carbons (Fsp3) is 0.269. The number of para-hydroxylation sites is 2. The Labute approximate surface area is 205 Å². The van der Waals surface area contributed by atoms with Crippen molar-refractivity contribution in [3.63, 3.8) is 0 Å². The largest absolute Gasteiger partial charge is 0.493 e. The van der Waals surface area contributed by atoms with Gasteiger partial charge in [-0.25, -0.2) is 8.42 Å². The van der Waals surface area contributed by atoms with Gasteiger partial charge in [-0.2, -0.15) is 0 Å². The standard InChI is InChI=1S/C26H28N2O6S/c1-18-8-11-20(12-9-18)35(30,31)28-17-25(34-22-13-10-19(2)16-21(22)28)26(29)27-14-15-33-24-7-5-4-6-23(24)32-3/h4-13,16,25H,14-15,17H2,1-3H3,(H,27,29). The lowest BCUT2D eigenvalue weighted by molar-refractivity contribution is -0.127. The summed E-state index contributed by atoms with van der Waals surface area (Å²) in [6, 6.07) is 19.1. The molecule has 0 aromatic heterocycles. The van der Waals surface area contributed by atoms with E-state index in [-0.39, 0.29) is 24.6 Å². The van der Waals surface area contributed by atoms with Gasteiger partial charge in [0, 0.05) is 0 Å². The number of anilines is 1. The van der Waals surface area contributed by atoms with Crippen LogP contribution in [0.2, 0.25) is 0 Å². The summed E-state index contributed by atoms with van der Waals surface area (Å²) < 4.78 is 45.1. The first-order chi connectivity index (χ1) is 16.8. The fourth-order valence-corrected chi connectivity index (χ4v) is 5.22. The van der Waals surface area contributed by atoms with Crippen LogP contribution < -0.4 is 23.8 Å². The number of hydrogen-bond donors (Lipinski definition) is 1. The number of hydrogen-bond acceptors (Lipinski definition) is 6. The molecule has 0 radical (unpaired) electrons. The van der Waals surface area contributed by atoms with Crippen molar-refractivity contribution in [3.05, 3.63) is 77.9 Å². The number of aryl methyl sites for hydroxylation is 2. The SMILES string of the molecule is COc1ccccc1OCCNC(=O)C1CN(S(=O)(=O)c2ccc(C)cc2)c2cc(C)ccc2O1. The van der Waals surface area contributed by atoms with E-state index in [9.17, 15) is 13.2 Å². The molecular weight excluding hydrogens is 468 g/mol. The molecule has 35 heavy (non-hydrogen) atoms. The van der Waals surface area contributed by atoms with Gasteiger partial charge in [0.1, 0.15) is 12.4 Å². The van der Waals surface area contributed by atoms with Gasteiger partial charge in [-0.3, -0.25) is 9.10 Å². The molecule has 0 saturated carbocycles. The Balaban J connectivity index is 1.49. The van der Waals surface area contributed by atoms with E-state index in [1.165, 1.54) is 4.31 Å². The third kappa shape index (κ3) is 5.35. The van der Waals surface area contributed by atoms with Crippen molar-refractivity contribution in [2.75, 3.05) is 31.1 Å². The smallest absolute Gasteiger partial charge is 0.264 e. The summed E-state index contributed by atoms with van der Waals surface area (Å²) in [6.07, 6.45) is -1.02. The van der Waals surface area contributed by atoms with Crippen molar-refractivity contribution in [2.45, 2.75) is 24.8 Å². The summed E-state index contributed by atoms with van der Waals surface area (Å²) >= 11 is 0. The molecule has 3 aromatic rings. The van der Waals surface area contributed by atoms with Crippen molar-refractivity contribution in [1.29, 1.82) is 0 Å². The summed E-state index contributed by atoms with van der Waals surface area (Å²) in [5.74, 6) is 1.07. The molecule has 0 saturated heterocycles. The van der Waals surface area contributed by atoms with E-state index in [0.717, 1.165) is 11.1 Å². The van der Waals surface area contributed by atoms with Gasteiger partial charge in [-0.15, -0.1) is 0 Å². The molecule has 3 aromatic carbocycles. The average Bonchev–Trinajstić information content (AvgIpc) is 2.86. The zero-order chi connectivity index (χ0) is 25.0. The van der Waals surface area contributed by atoms with Gasteiger partial charge in [-0.1, -0.05) is 35.9 Å². The molecule has 1 N–H and O–H groups in total. The molecule has 1 aliphatic heterocycles. The zero-order valence-corrected chi connectivity index (χ0v) is 20.7. The molecule has 4 rings (SSSR count). The Morgan fingerprint density at radius 3 is 2.43 bits per heavy atom. The number of nitrogens with one attached hydrogen (secondary N) is 1. The molecule has 0 fully saturated rings. The predicted octanol–water partition coefficient (Wildman–Crippen LogP) is 3.46. The van der Waals surface area contributed by atoms with Crippen molar-refractivity contribution < 1.29 is 27.4 Å². The van der Waals surface area contributed by atoms with Gasteiger partial charge in [0.05, 0.1) is 30.8 Å². The molecule has 0 bridgehead atoms. The van der Waals surface area contributed by atoms with Gasteiger partial charge in [0.15, 0.2) is 17.6 Å². The van der Waals surface area contributed by atoms with E-state index in [0.29, 0.717) is 22.9 Å². The summed E-state index contributed by atoms with van der Waals surface area (Å²) in [5, 5.41) is 2.77. The highest BCUT2D eigenvalue weighted by Gasteiger charge is 2.37. The molecule has 1 heterocycles. The molecule has 0 spiro atoms. The molecule has 1 aliphatic rings. The zero-order valence-electron chi connectivity index (χ0n) is 19.9. The lowest BCUT2D eigenvalue weighted by atomic mass is 10.1. The maximum atomic E-state index is 13.5. The van der Waals surface area contributed by atoms with E-state index in [2.05, 4.69) is 5.32 Å². The Morgan fingerprint density at radius 1 is 1.03 bits per heavy atom. The molecule has 1 unspecified atom stereocenters. The van der Waals surface area contributed by atoms with Gasteiger partial charge >= 0.3 is 0 Å². The number of carbonyl (C=O) groups is 1. The molecule has 9 heteroatoms. The molecular formula is C26H28N2O6S. The Bertz CT molecular complexity index is 1310. The maximum absolute atomic E-state index is 13.5. The van der Waals surface area contributed by atoms with Crippen LogP contribution in [0.15, 0.2) is 71.6 Å². The normalized spacial score (nSPS) is 15.1. The van der Waals surface area contributed by atoms with Crippen molar-refractivity contribution in [2.24, 2.45) is 0 Å².